The summed E-state index contributed by atoms with van der Waals surface area (Å²) in [4.78, 5) is 16.7. The van der Waals surface area contributed by atoms with Gasteiger partial charge in [0.1, 0.15) is 17.7 Å². The summed E-state index contributed by atoms with van der Waals surface area (Å²) in [6.45, 7) is 0. The zero-order valence-electron chi connectivity index (χ0n) is 16.3. The third-order valence-corrected chi connectivity index (χ3v) is 5.64. The van der Waals surface area contributed by atoms with E-state index in [-0.39, 0.29) is 35.2 Å². The van der Waals surface area contributed by atoms with E-state index in [1.807, 2.05) is 30.3 Å². The first-order chi connectivity index (χ1) is 15.2. The molecule has 5 nitrogen and oxygen atoms in total. The van der Waals surface area contributed by atoms with Gasteiger partial charge in [-0.05, 0) is 35.6 Å². The lowest BCUT2D eigenvalue weighted by Gasteiger charge is -2.35. The number of benzene rings is 2. The van der Waals surface area contributed by atoms with Crippen molar-refractivity contribution in [2.45, 2.75) is 31.0 Å². The average Bonchev–Trinajstić information content (AvgIpc) is 3.16. The number of carbonyl (C=O) groups is 1. The van der Waals surface area contributed by atoms with Gasteiger partial charge in [0, 0.05) is 23.8 Å². The second kappa shape index (κ2) is 7.25. The summed E-state index contributed by atoms with van der Waals surface area (Å²) >= 11 is 0. The third-order valence-electron chi connectivity index (χ3n) is 5.64. The maximum atomic E-state index is 14.0. The molecule has 0 saturated carbocycles. The van der Waals surface area contributed by atoms with E-state index in [4.69, 9.17) is 0 Å². The molecule has 0 spiro atoms. The van der Waals surface area contributed by atoms with Gasteiger partial charge in [-0.25, -0.2) is 13.5 Å². The van der Waals surface area contributed by atoms with Crippen molar-refractivity contribution >= 4 is 11.7 Å². The van der Waals surface area contributed by atoms with Crippen LogP contribution in [0.4, 0.5) is 27.9 Å². The van der Waals surface area contributed by atoms with Crippen LogP contribution >= 0.6 is 0 Å². The molecule has 2 heterocycles. The number of fused-ring (bicyclic) bond motifs is 1. The number of ketones is 1. The van der Waals surface area contributed by atoms with E-state index in [2.05, 4.69) is 15.4 Å². The molecule has 0 unspecified atom stereocenters. The number of Topliss-reactive ketones (excluding diaryl/α,β-unsaturated/α-hetero) is 1. The highest BCUT2D eigenvalue weighted by Crippen LogP contribution is 2.45. The Balaban J connectivity index is 1.66. The normalized spacial score (nSPS) is 20.6. The molecular weight excluding hydrogens is 431 g/mol. The Bertz CT molecular complexity index is 1230. The Morgan fingerprint density at radius 3 is 2.31 bits per heavy atom. The third kappa shape index (κ3) is 3.45. The minimum absolute atomic E-state index is 0.0251. The van der Waals surface area contributed by atoms with Crippen LogP contribution < -0.4 is 5.32 Å². The first kappa shape index (κ1) is 20.3. The standard InChI is InChI=1S/C22H15F5N4O/c23-14-6-13(7-15(24)10-14)19-18-16(28-21-29-20(22(25,26)27)30-31(19)21)8-12(9-17(18)32)11-4-2-1-3-5-11/h1-7,10,12,19H,8-9H2,(H,28,29,30)/t12-,19+/m0/s1. The monoisotopic (exact) mass is 446 g/mol. The molecule has 5 rings (SSSR count). The fraction of sp³-hybridized carbons (Fsp3) is 0.227. The molecule has 10 heteroatoms. The van der Waals surface area contributed by atoms with Gasteiger partial charge in [0.05, 0.1) is 0 Å². The van der Waals surface area contributed by atoms with Gasteiger partial charge in [-0.15, -0.1) is 5.10 Å². The number of halogens is 5. The minimum atomic E-state index is -4.83. The molecular formula is C22H15F5N4O. The van der Waals surface area contributed by atoms with E-state index in [9.17, 15) is 26.7 Å². The molecule has 0 bridgehead atoms. The van der Waals surface area contributed by atoms with Gasteiger partial charge < -0.3 is 5.32 Å². The number of carbonyl (C=O) groups excluding carboxylic acids is 1. The fourth-order valence-corrected chi connectivity index (χ4v) is 4.33. The van der Waals surface area contributed by atoms with Crippen molar-refractivity contribution in [3.8, 4) is 0 Å². The van der Waals surface area contributed by atoms with Gasteiger partial charge in [0.15, 0.2) is 5.78 Å². The first-order valence-electron chi connectivity index (χ1n) is 9.78. The van der Waals surface area contributed by atoms with Crippen LogP contribution in [-0.2, 0) is 11.0 Å². The molecule has 0 fully saturated rings. The number of allylic oxidation sites excluding steroid dienone is 2. The van der Waals surface area contributed by atoms with Crippen LogP contribution in [0.5, 0.6) is 0 Å². The van der Waals surface area contributed by atoms with Gasteiger partial charge in [-0.3, -0.25) is 4.79 Å². The topological polar surface area (TPSA) is 59.8 Å². The molecule has 2 aliphatic rings. The van der Waals surface area contributed by atoms with E-state index < -0.39 is 29.7 Å². The molecule has 0 radical (unpaired) electrons. The number of hydrogen-bond acceptors (Lipinski definition) is 4. The molecule has 32 heavy (non-hydrogen) atoms. The molecule has 0 saturated heterocycles. The lowest BCUT2D eigenvalue weighted by atomic mass is 9.78. The van der Waals surface area contributed by atoms with E-state index in [1.165, 1.54) is 0 Å². The predicted molar refractivity (Wildman–Crippen MR) is 104 cm³/mol. The van der Waals surface area contributed by atoms with Crippen LogP contribution in [0.1, 0.15) is 41.8 Å². The van der Waals surface area contributed by atoms with Crippen molar-refractivity contribution in [1.82, 2.24) is 14.8 Å². The molecule has 164 valence electrons. The van der Waals surface area contributed by atoms with E-state index in [1.54, 1.807) is 0 Å². The van der Waals surface area contributed by atoms with Crippen LogP contribution in [0.25, 0.3) is 0 Å². The van der Waals surface area contributed by atoms with Crippen molar-refractivity contribution in [3.05, 3.63) is 88.4 Å². The Morgan fingerprint density at radius 2 is 1.66 bits per heavy atom. The lowest BCUT2D eigenvalue weighted by molar-refractivity contribution is -0.145. The summed E-state index contributed by atoms with van der Waals surface area (Å²) < 4.78 is 68.7. The second-order valence-corrected chi connectivity index (χ2v) is 7.76. The van der Waals surface area contributed by atoms with Gasteiger partial charge >= 0.3 is 6.18 Å². The molecule has 1 aliphatic heterocycles. The van der Waals surface area contributed by atoms with Crippen molar-refractivity contribution in [2.24, 2.45) is 0 Å². The minimum Gasteiger partial charge on any atom is -0.328 e. The highest BCUT2D eigenvalue weighted by molar-refractivity contribution is 6.00. The highest BCUT2D eigenvalue weighted by atomic mass is 19.4. The number of alkyl halides is 3. The molecule has 1 aromatic heterocycles. The quantitative estimate of drug-likeness (QED) is 0.564. The largest absolute Gasteiger partial charge is 0.453 e. The summed E-state index contributed by atoms with van der Waals surface area (Å²) in [5, 5.41) is 6.34. The van der Waals surface area contributed by atoms with Crippen LogP contribution in [0.3, 0.4) is 0 Å². The molecule has 0 amide bonds. The number of rotatable bonds is 2. The second-order valence-electron chi connectivity index (χ2n) is 7.76. The lowest BCUT2D eigenvalue weighted by Crippen LogP contribution is -2.33. The zero-order chi connectivity index (χ0) is 22.6. The molecule has 3 aromatic rings. The van der Waals surface area contributed by atoms with Crippen molar-refractivity contribution in [1.29, 1.82) is 0 Å². The number of nitrogens with zero attached hydrogens (tertiary/aromatic N) is 3. The zero-order valence-corrected chi connectivity index (χ0v) is 16.3. The van der Waals surface area contributed by atoms with Crippen molar-refractivity contribution < 1.29 is 26.7 Å². The Morgan fingerprint density at radius 1 is 0.969 bits per heavy atom. The van der Waals surface area contributed by atoms with E-state index in [0.29, 0.717) is 18.2 Å². The van der Waals surface area contributed by atoms with Crippen molar-refractivity contribution in [3.63, 3.8) is 0 Å². The van der Waals surface area contributed by atoms with E-state index in [0.717, 1.165) is 22.4 Å². The van der Waals surface area contributed by atoms with Crippen LogP contribution in [0.15, 0.2) is 59.8 Å². The first-order valence-corrected chi connectivity index (χ1v) is 9.78. The van der Waals surface area contributed by atoms with Crippen molar-refractivity contribution in [2.75, 3.05) is 5.32 Å². The molecule has 1 N–H and O–H groups in total. The Kier molecular flexibility index (Phi) is 4.61. The molecule has 2 atom stereocenters. The predicted octanol–water partition coefficient (Wildman–Crippen LogP) is 4.99. The highest BCUT2D eigenvalue weighted by Gasteiger charge is 2.43. The Labute approximate surface area is 178 Å². The maximum absolute atomic E-state index is 14.0. The van der Waals surface area contributed by atoms with Gasteiger partial charge in [0.25, 0.3) is 5.82 Å². The summed E-state index contributed by atoms with van der Waals surface area (Å²) in [5.74, 6) is -4.01. The number of anilines is 1. The van der Waals surface area contributed by atoms with Crippen LogP contribution in [-0.4, -0.2) is 20.5 Å². The summed E-state index contributed by atoms with van der Waals surface area (Å²) in [6.07, 6.45) is -4.40. The fourth-order valence-electron chi connectivity index (χ4n) is 4.33. The van der Waals surface area contributed by atoms with E-state index >= 15 is 0 Å². The maximum Gasteiger partial charge on any atom is 0.453 e. The molecule has 1 aliphatic carbocycles. The smallest absolute Gasteiger partial charge is 0.328 e. The van der Waals surface area contributed by atoms with Gasteiger partial charge in [-0.2, -0.15) is 18.2 Å². The van der Waals surface area contributed by atoms with Gasteiger partial charge in [-0.1, -0.05) is 30.3 Å². The Hall–Kier alpha value is -3.56. The number of nitrogens with one attached hydrogen (secondary N) is 1. The molecule has 2 aromatic carbocycles. The SMILES string of the molecule is O=C1C[C@@H](c2ccccc2)CC2=C1[C@@H](c1cc(F)cc(F)c1)n1nc(C(F)(F)F)nc1N2. The summed E-state index contributed by atoms with van der Waals surface area (Å²) in [6, 6.07) is 10.6. The van der Waals surface area contributed by atoms with Gasteiger partial charge in [0.2, 0.25) is 5.95 Å². The number of aromatic nitrogens is 3. The van der Waals surface area contributed by atoms with Crippen LogP contribution in [0.2, 0.25) is 0 Å². The van der Waals surface area contributed by atoms with Crippen LogP contribution in [0, 0.1) is 11.6 Å². The number of hydrogen-bond donors (Lipinski definition) is 1. The summed E-state index contributed by atoms with van der Waals surface area (Å²) in [5.41, 5.74) is 1.39. The average molecular weight is 446 g/mol. The summed E-state index contributed by atoms with van der Waals surface area (Å²) in [7, 11) is 0.